The van der Waals surface area contributed by atoms with Crippen molar-refractivity contribution in [2.75, 3.05) is 0 Å². The fourth-order valence-corrected chi connectivity index (χ4v) is 1.24. The third kappa shape index (κ3) is 1.47. The third-order valence-corrected chi connectivity index (χ3v) is 2.28. The van der Waals surface area contributed by atoms with Gasteiger partial charge in [0.25, 0.3) is 0 Å². The van der Waals surface area contributed by atoms with E-state index in [4.69, 9.17) is 0 Å². The van der Waals surface area contributed by atoms with Crippen LogP contribution in [0.25, 0.3) is 0 Å². The maximum atomic E-state index is 4.40. The molecule has 1 aliphatic rings. The zero-order valence-electron chi connectivity index (χ0n) is 7.62. The van der Waals surface area contributed by atoms with E-state index in [9.17, 15) is 0 Å². The molecule has 0 saturated heterocycles. The predicted octanol–water partition coefficient (Wildman–Crippen LogP) is 2.48. The first-order valence-electron chi connectivity index (χ1n) is 4.59. The summed E-state index contributed by atoms with van der Waals surface area (Å²) < 4.78 is 0. The van der Waals surface area contributed by atoms with Crippen molar-refractivity contribution in [3.63, 3.8) is 0 Å². The van der Waals surface area contributed by atoms with E-state index >= 15 is 0 Å². The lowest BCUT2D eigenvalue weighted by Crippen LogP contribution is -1.96. The van der Waals surface area contributed by atoms with E-state index in [1.165, 1.54) is 18.5 Å². The first-order valence-corrected chi connectivity index (χ1v) is 4.59. The Hall–Kier alpha value is -0.920. The van der Waals surface area contributed by atoms with E-state index in [-0.39, 0.29) is 0 Å². The van der Waals surface area contributed by atoms with Crippen LogP contribution in [-0.2, 0) is 0 Å². The Morgan fingerprint density at radius 1 is 1.25 bits per heavy atom. The largest absolute Gasteiger partial charge is 0.258 e. The van der Waals surface area contributed by atoms with Gasteiger partial charge in [0.05, 0.1) is 11.4 Å². The van der Waals surface area contributed by atoms with Gasteiger partial charge < -0.3 is 0 Å². The number of nitrogens with zero attached hydrogens (tertiary/aromatic N) is 2. The molecule has 1 saturated carbocycles. The Kier molecular flexibility index (Phi) is 1.83. The number of rotatable bonds is 2. The maximum absolute atomic E-state index is 4.40. The molecule has 0 aromatic carbocycles. The molecule has 1 fully saturated rings. The standard InChI is InChI=1S/C10H14N2/c1-7(2)9-5-12-10(6-11-9)8-3-4-8/h5-8H,3-4H2,1-2H3. The second kappa shape index (κ2) is 2.85. The number of hydrogen-bond acceptors (Lipinski definition) is 2. The van der Waals surface area contributed by atoms with Gasteiger partial charge in [-0.3, -0.25) is 9.97 Å². The minimum atomic E-state index is 0.491. The highest BCUT2D eigenvalue weighted by Crippen LogP contribution is 2.38. The monoisotopic (exact) mass is 162 g/mol. The number of aromatic nitrogens is 2. The summed E-state index contributed by atoms with van der Waals surface area (Å²) in [6.07, 6.45) is 6.46. The van der Waals surface area contributed by atoms with Gasteiger partial charge in [-0.1, -0.05) is 13.8 Å². The van der Waals surface area contributed by atoms with E-state index in [2.05, 4.69) is 23.8 Å². The van der Waals surface area contributed by atoms with Gasteiger partial charge in [0.1, 0.15) is 0 Å². The van der Waals surface area contributed by atoms with E-state index < -0.39 is 0 Å². The highest BCUT2D eigenvalue weighted by Gasteiger charge is 2.25. The van der Waals surface area contributed by atoms with Crippen LogP contribution < -0.4 is 0 Å². The van der Waals surface area contributed by atoms with Crippen LogP contribution in [0.3, 0.4) is 0 Å². The Labute approximate surface area is 73.1 Å². The van der Waals surface area contributed by atoms with Gasteiger partial charge in [-0.05, 0) is 18.8 Å². The Morgan fingerprint density at radius 2 is 2.00 bits per heavy atom. The first-order chi connectivity index (χ1) is 5.77. The van der Waals surface area contributed by atoms with E-state index in [0.29, 0.717) is 5.92 Å². The normalized spacial score (nSPS) is 16.9. The molecular formula is C10H14N2. The highest BCUT2D eigenvalue weighted by atomic mass is 14.8. The summed E-state index contributed by atoms with van der Waals surface area (Å²) in [4.78, 5) is 8.78. The summed E-state index contributed by atoms with van der Waals surface area (Å²) in [5, 5.41) is 0. The summed E-state index contributed by atoms with van der Waals surface area (Å²) in [6.45, 7) is 4.28. The zero-order valence-corrected chi connectivity index (χ0v) is 7.62. The van der Waals surface area contributed by atoms with Gasteiger partial charge in [0.15, 0.2) is 0 Å². The molecule has 12 heavy (non-hydrogen) atoms. The second-order valence-electron chi connectivity index (χ2n) is 3.80. The molecular weight excluding hydrogens is 148 g/mol. The molecule has 0 amide bonds. The molecule has 1 aromatic rings. The van der Waals surface area contributed by atoms with Crippen LogP contribution in [0.1, 0.15) is 49.9 Å². The molecule has 2 nitrogen and oxygen atoms in total. The van der Waals surface area contributed by atoms with Gasteiger partial charge in [0, 0.05) is 18.3 Å². The average molecular weight is 162 g/mol. The Balaban J connectivity index is 2.18. The lowest BCUT2D eigenvalue weighted by Gasteiger charge is -2.03. The molecule has 0 N–H and O–H groups in total. The van der Waals surface area contributed by atoms with E-state index in [0.717, 1.165) is 11.6 Å². The van der Waals surface area contributed by atoms with Crippen LogP contribution in [0.2, 0.25) is 0 Å². The van der Waals surface area contributed by atoms with Crippen LogP contribution >= 0.6 is 0 Å². The molecule has 0 bridgehead atoms. The van der Waals surface area contributed by atoms with Crippen molar-refractivity contribution in [1.29, 1.82) is 0 Å². The van der Waals surface area contributed by atoms with Crippen molar-refractivity contribution in [1.82, 2.24) is 9.97 Å². The summed E-state index contributed by atoms with van der Waals surface area (Å²) in [7, 11) is 0. The van der Waals surface area contributed by atoms with Crippen LogP contribution in [0.4, 0.5) is 0 Å². The SMILES string of the molecule is CC(C)c1cnc(C2CC2)cn1. The van der Waals surface area contributed by atoms with Gasteiger partial charge in [-0.15, -0.1) is 0 Å². The minimum absolute atomic E-state index is 0.491. The van der Waals surface area contributed by atoms with Crippen molar-refractivity contribution in [2.45, 2.75) is 38.5 Å². The van der Waals surface area contributed by atoms with Crippen LogP contribution in [-0.4, -0.2) is 9.97 Å². The van der Waals surface area contributed by atoms with Crippen molar-refractivity contribution in [3.05, 3.63) is 23.8 Å². The molecule has 0 unspecified atom stereocenters. The molecule has 0 atom stereocenters. The van der Waals surface area contributed by atoms with Crippen LogP contribution in [0.5, 0.6) is 0 Å². The lowest BCUT2D eigenvalue weighted by atomic mass is 10.1. The fourth-order valence-electron chi connectivity index (χ4n) is 1.24. The van der Waals surface area contributed by atoms with Gasteiger partial charge in [0.2, 0.25) is 0 Å². The highest BCUT2D eigenvalue weighted by molar-refractivity contribution is 5.13. The Morgan fingerprint density at radius 3 is 2.42 bits per heavy atom. The van der Waals surface area contributed by atoms with Crippen LogP contribution in [0.15, 0.2) is 12.4 Å². The minimum Gasteiger partial charge on any atom is -0.258 e. The van der Waals surface area contributed by atoms with Crippen molar-refractivity contribution in [3.8, 4) is 0 Å². The quantitative estimate of drug-likeness (QED) is 0.667. The molecule has 2 rings (SSSR count). The molecule has 1 heterocycles. The van der Waals surface area contributed by atoms with Crippen LogP contribution in [0, 0.1) is 0 Å². The van der Waals surface area contributed by atoms with E-state index in [1.807, 2.05) is 12.4 Å². The predicted molar refractivity (Wildman–Crippen MR) is 48.1 cm³/mol. The van der Waals surface area contributed by atoms with Gasteiger partial charge >= 0.3 is 0 Å². The summed E-state index contributed by atoms with van der Waals surface area (Å²) in [5.41, 5.74) is 2.28. The van der Waals surface area contributed by atoms with E-state index in [1.54, 1.807) is 0 Å². The molecule has 0 aliphatic heterocycles. The van der Waals surface area contributed by atoms with Crippen molar-refractivity contribution >= 4 is 0 Å². The lowest BCUT2D eigenvalue weighted by molar-refractivity contribution is 0.800. The van der Waals surface area contributed by atoms with Gasteiger partial charge in [-0.25, -0.2) is 0 Å². The number of hydrogen-bond donors (Lipinski definition) is 0. The smallest absolute Gasteiger partial charge is 0.0617 e. The molecule has 0 spiro atoms. The molecule has 64 valence electrons. The van der Waals surface area contributed by atoms with Crippen molar-refractivity contribution in [2.24, 2.45) is 0 Å². The molecule has 2 heteroatoms. The molecule has 1 aromatic heterocycles. The maximum Gasteiger partial charge on any atom is 0.0617 e. The summed E-state index contributed by atoms with van der Waals surface area (Å²) in [5.74, 6) is 1.21. The third-order valence-electron chi connectivity index (χ3n) is 2.28. The molecule has 1 aliphatic carbocycles. The average Bonchev–Trinajstić information content (AvgIpc) is 2.87. The summed E-state index contributed by atoms with van der Waals surface area (Å²) in [6, 6.07) is 0. The second-order valence-corrected chi connectivity index (χ2v) is 3.80. The van der Waals surface area contributed by atoms with Gasteiger partial charge in [-0.2, -0.15) is 0 Å². The van der Waals surface area contributed by atoms with Crippen molar-refractivity contribution < 1.29 is 0 Å². The topological polar surface area (TPSA) is 25.8 Å². The fraction of sp³-hybridized carbons (Fsp3) is 0.600. The summed E-state index contributed by atoms with van der Waals surface area (Å²) >= 11 is 0. The molecule has 0 radical (unpaired) electrons. The zero-order chi connectivity index (χ0) is 8.55. The Bertz CT molecular complexity index is 239. The first kappa shape index (κ1) is 7.71.